The van der Waals surface area contributed by atoms with Gasteiger partial charge in [0.05, 0.1) is 0 Å². The van der Waals surface area contributed by atoms with Crippen molar-refractivity contribution in [3.8, 4) is 11.5 Å². The average molecular weight is 326 g/mol. The molecule has 2 heteroatoms. The lowest BCUT2D eigenvalue weighted by atomic mass is 9.88. The first-order chi connectivity index (χ1) is 11.3. The van der Waals surface area contributed by atoms with Crippen LogP contribution >= 0.6 is 0 Å². The van der Waals surface area contributed by atoms with Gasteiger partial charge < -0.3 is 10.2 Å². The summed E-state index contributed by atoms with van der Waals surface area (Å²) in [4.78, 5) is 0. The fourth-order valence-corrected chi connectivity index (χ4v) is 3.15. The van der Waals surface area contributed by atoms with Crippen molar-refractivity contribution >= 4 is 0 Å². The summed E-state index contributed by atoms with van der Waals surface area (Å²) in [7, 11) is 0. The van der Waals surface area contributed by atoms with E-state index in [1.54, 1.807) is 12.1 Å². The number of benzene rings is 2. The average Bonchev–Trinajstić information content (AvgIpc) is 2.50. The van der Waals surface area contributed by atoms with Gasteiger partial charge in [0.15, 0.2) is 0 Å². The van der Waals surface area contributed by atoms with E-state index >= 15 is 0 Å². The highest BCUT2D eigenvalue weighted by molar-refractivity contribution is 5.44. The van der Waals surface area contributed by atoms with Crippen molar-refractivity contribution in [2.75, 3.05) is 0 Å². The fraction of sp³-hybridized carbons (Fsp3) is 0.455. The third-order valence-corrected chi connectivity index (χ3v) is 4.46. The van der Waals surface area contributed by atoms with E-state index in [4.69, 9.17) is 0 Å². The number of phenols is 2. The zero-order valence-corrected chi connectivity index (χ0v) is 15.5. The Labute approximate surface area is 146 Å². The van der Waals surface area contributed by atoms with E-state index in [0.29, 0.717) is 23.3 Å². The zero-order chi connectivity index (χ0) is 17.9. The molecule has 0 unspecified atom stereocenters. The molecule has 0 fully saturated rings. The van der Waals surface area contributed by atoms with Gasteiger partial charge in [-0.15, -0.1) is 0 Å². The van der Waals surface area contributed by atoms with E-state index < -0.39 is 0 Å². The summed E-state index contributed by atoms with van der Waals surface area (Å²) in [5.74, 6) is 2.00. The van der Waals surface area contributed by atoms with Crippen LogP contribution in [0, 0.1) is 11.8 Å². The quantitative estimate of drug-likeness (QED) is 0.720. The first-order valence-corrected chi connectivity index (χ1v) is 8.91. The maximum absolute atomic E-state index is 10.1. The summed E-state index contributed by atoms with van der Waals surface area (Å²) >= 11 is 0. The molecule has 2 N–H and O–H groups in total. The number of hydrogen-bond donors (Lipinski definition) is 2. The van der Waals surface area contributed by atoms with E-state index in [-0.39, 0.29) is 5.92 Å². The number of rotatable bonds is 6. The number of phenolic OH excluding ortho intramolecular Hbond substituents is 2. The van der Waals surface area contributed by atoms with Gasteiger partial charge in [0.25, 0.3) is 0 Å². The molecule has 0 aliphatic heterocycles. The van der Waals surface area contributed by atoms with Crippen molar-refractivity contribution in [2.45, 2.75) is 53.4 Å². The lowest BCUT2D eigenvalue weighted by molar-refractivity contribution is 0.462. The van der Waals surface area contributed by atoms with Crippen LogP contribution in [0.3, 0.4) is 0 Å². The van der Waals surface area contributed by atoms with Crippen molar-refractivity contribution in [1.82, 2.24) is 0 Å². The highest BCUT2D eigenvalue weighted by Gasteiger charge is 2.14. The summed E-state index contributed by atoms with van der Waals surface area (Å²) in [6.45, 7) is 10.8. The largest absolute Gasteiger partial charge is 0.508 e. The first kappa shape index (κ1) is 18.4. The lowest BCUT2D eigenvalue weighted by Gasteiger charge is -2.17. The van der Waals surface area contributed by atoms with Gasteiger partial charge in [-0.1, -0.05) is 58.9 Å². The van der Waals surface area contributed by atoms with Crippen LogP contribution in [-0.4, -0.2) is 10.2 Å². The minimum Gasteiger partial charge on any atom is -0.508 e. The first-order valence-electron chi connectivity index (χ1n) is 8.91. The van der Waals surface area contributed by atoms with Gasteiger partial charge >= 0.3 is 0 Å². The summed E-state index contributed by atoms with van der Waals surface area (Å²) in [5.41, 5.74) is 4.42. The van der Waals surface area contributed by atoms with E-state index in [1.165, 1.54) is 11.1 Å². The van der Waals surface area contributed by atoms with Gasteiger partial charge in [-0.2, -0.15) is 0 Å². The van der Waals surface area contributed by atoms with Gasteiger partial charge in [-0.25, -0.2) is 0 Å². The molecule has 130 valence electrons. The van der Waals surface area contributed by atoms with Gasteiger partial charge in [0.2, 0.25) is 0 Å². The Morgan fingerprint density at radius 1 is 0.667 bits per heavy atom. The zero-order valence-electron chi connectivity index (χ0n) is 15.5. The van der Waals surface area contributed by atoms with Crippen LogP contribution in [0.4, 0.5) is 0 Å². The maximum Gasteiger partial charge on any atom is 0.118 e. The molecule has 0 amide bonds. The molecule has 0 saturated heterocycles. The molecule has 0 spiro atoms. The van der Waals surface area contributed by atoms with Crippen LogP contribution in [0.25, 0.3) is 0 Å². The highest BCUT2D eigenvalue weighted by atomic mass is 16.3. The molecule has 2 aromatic carbocycles. The van der Waals surface area contributed by atoms with Crippen LogP contribution in [0.2, 0.25) is 0 Å². The van der Waals surface area contributed by atoms with Crippen molar-refractivity contribution in [3.63, 3.8) is 0 Å². The minimum atomic E-state index is 0.225. The minimum absolute atomic E-state index is 0.225. The van der Waals surface area contributed by atoms with Gasteiger partial charge in [-0.05, 0) is 59.1 Å². The van der Waals surface area contributed by atoms with E-state index in [0.717, 1.165) is 24.0 Å². The SMILES string of the molecule is CC(C)Cc1cc(C(C)c2ccc(O)c(CC(C)C)c2)ccc1O. The molecule has 0 aromatic heterocycles. The standard InChI is InChI=1S/C22H30O2/c1-14(2)10-19-12-17(6-8-21(19)23)16(5)18-7-9-22(24)20(13-18)11-15(3)4/h6-9,12-16,23-24H,10-11H2,1-5H3. The van der Waals surface area contributed by atoms with Crippen molar-refractivity contribution in [2.24, 2.45) is 11.8 Å². The third-order valence-electron chi connectivity index (χ3n) is 4.46. The molecule has 0 aliphatic rings. The predicted octanol–water partition coefficient (Wildman–Crippen LogP) is 5.65. The number of aromatic hydroxyl groups is 2. The summed E-state index contributed by atoms with van der Waals surface area (Å²) in [5, 5.41) is 20.2. The maximum atomic E-state index is 10.1. The lowest BCUT2D eigenvalue weighted by Crippen LogP contribution is -2.02. The highest BCUT2D eigenvalue weighted by Crippen LogP contribution is 2.32. The Bertz CT molecular complexity index is 627. The van der Waals surface area contributed by atoms with Crippen LogP contribution in [-0.2, 0) is 12.8 Å². The fourth-order valence-electron chi connectivity index (χ4n) is 3.15. The molecule has 0 bridgehead atoms. The monoisotopic (exact) mass is 326 g/mol. The summed E-state index contributed by atoms with van der Waals surface area (Å²) in [6, 6.07) is 11.8. The Morgan fingerprint density at radius 3 is 1.38 bits per heavy atom. The predicted molar refractivity (Wildman–Crippen MR) is 101 cm³/mol. The van der Waals surface area contributed by atoms with Crippen molar-refractivity contribution in [1.29, 1.82) is 0 Å². The van der Waals surface area contributed by atoms with Crippen LogP contribution in [0.5, 0.6) is 11.5 Å². The van der Waals surface area contributed by atoms with E-state index in [2.05, 4.69) is 46.8 Å². The van der Waals surface area contributed by atoms with Gasteiger partial charge in [0.1, 0.15) is 11.5 Å². The Hall–Kier alpha value is -1.96. The molecule has 0 heterocycles. The second-order valence-electron chi connectivity index (χ2n) is 7.69. The molecule has 2 rings (SSSR count). The Balaban J connectivity index is 2.33. The summed E-state index contributed by atoms with van der Waals surface area (Å²) in [6.07, 6.45) is 1.75. The molecule has 24 heavy (non-hydrogen) atoms. The topological polar surface area (TPSA) is 40.5 Å². The molecule has 0 saturated carbocycles. The van der Waals surface area contributed by atoms with Crippen LogP contribution in [0.1, 0.15) is 62.8 Å². The molecule has 0 atom stereocenters. The van der Waals surface area contributed by atoms with E-state index in [9.17, 15) is 10.2 Å². The summed E-state index contributed by atoms with van der Waals surface area (Å²) < 4.78 is 0. The molecular formula is C22H30O2. The van der Waals surface area contributed by atoms with Crippen LogP contribution < -0.4 is 0 Å². The smallest absolute Gasteiger partial charge is 0.118 e. The Kier molecular flexibility index (Phi) is 5.93. The molecular weight excluding hydrogens is 296 g/mol. The Morgan fingerprint density at radius 2 is 1.04 bits per heavy atom. The third kappa shape index (κ3) is 4.53. The van der Waals surface area contributed by atoms with Crippen LogP contribution in [0.15, 0.2) is 36.4 Å². The molecule has 0 aliphatic carbocycles. The second-order valence-corrected chi connectivity index (χ2v) is 7.69. The van der Waals surface area contributed by atoms with Gasteiger partial charge in [-0.3, -0.25) is 0 Å². The normalized spacial score (nSPS) is 11.7. The van der Waals surface area contributed by atoms with Gasteiger partial charge in [0, 0.05) is 5.92 Å². The molecule has 2 nitrogen and oxygen atoms in total. The van der Waals surface area contributed by atoms with Crippen molar-refractivity contribution < 1.29 is 10.2 Å². The molecule has 2 aromatic rings. The molecule has 0 radical (unpaired) electrons. The van der Waals surface area contributed by atoms with Crippen molar-refractivity contribution in [3.05, 3.63) is 58.7 Å². The van der Waals surface area contributed by atoms with E-state index in [1.807, 2.05) is 12.1 Å². The number of hydrogen-bond acceptors (Lipinski definition) is 2. The second kappa shape index (κ2) is 7.74.